The second-order valence-electron chi connectivity index (χ2n) is 7.03. The summed E-state index contributed by atoms with van der Waals surface area (Å²) in [6.07, 6.45) is 3.08. The highest BCUT2D eigenvalue weighted by Gasteiger charge is 2.27. The maximum absolute atomic E-state index is 11.7. The fourth-order valence-corrected chi connectivity index (χ4v) is 4.06. The molecule has 1 saturated heterocycles. The van der Waals surface area contributed by atoms with Crippen LogP contribution in [0.5, 0.6) is 0 Å². The van der Waals surface area contributed by atoms with Crippen molar-refractivity contribution in [2.45, 2.75) is 17.5 Å². The Labute approximate surface area is 165 Å². The molecular formula is C21H23N3O3S. The van der Waals surface area contributed by atoms with Crippen LogP contribution in [0.4, 0.5) is 0 Å². The molecule has 0 bridgehead atoms. The molecule has 28 heavy (non-hydrogen) atoms. The Kier molecular flexibility index (Phi) is 5.30. The third kappa shape index (κ3) is 4.16. The van der Waals surface area contributed by atoms with Gasteiger partial charge in [0.1, 0.15) is 5.82 Å². The van der Waals surface area contributed by atoms with Crippen molar-refractivity contribution in [2.24, 2.45) is 0 Å². The average molecular weight is 398 g/mol. The van der Waals surface area contributed by atoms with Crippen LogP contribution in [-0.4, -0.2) is 49.3 Å². The molecule has 3 aromatic rings. The Morgan fingerprint density at radius 3 is 2.61 bits per heavy atom. The number of H-pyrrole nitrogens is 1. The van der Waals surface area contributed by atoms with Gasteiger partial charge in [0.25, 0.3) is 0 Å². The van der Waals surface area contributed by atoms with E-state index in [9.17, 15) is 8.42 Å². The number of rotatable bonds is 5. The van der Waals surface area contributed by atoms with Gasteiger partial charge in [0, 0.05) is 19.3 Å². The van der Waals surface area contributed by atoms with Crippen molar-refractivity contribution in [3.05, 3.63) is 72.2 Å². The quantitative estimate of drug-likeness (QED) is 0.716. The molecule has 1 aliphatic heterocycles. The van der Waals surface area contributed by atoms with E-state index in [-0.39, 0.29) is 6.04 Å². The van der Waals surface area contributed by atoms with Crippen LogP contribution in [0.25, 0.3) is 11.3 Å². The zero-order valence-electron chi connectivity index (χ0n) is 15.7. The zero-order chi connectivity index (χ0) is 19.6. The van der Waals surface area contributed by atoms with Gasteiger partial charge in [-0.3, -0.25) is 4.90 Å². The van der Waals surface area contributed by atoms with E-state index < -0.39 is 9.84 Å². The number of morpholine rings is 1. The fraction of sp³-hybridized carbons (Fsp3) is 0.286. The van der Waals surface area contributed by atoms with Gasteiger partial charge >= 0.3 is 0 Å². The van der Waals surface area contributed by atoms with Crippen LogP contribution in [0.15, 0.2) is 65.7 Å². The first kappa shape index (κ1) is 18.9. The van der Waals surface area contributed by atoms with Crippen LogP contribution >= 0.6 is 0 Å². The lowest BCUT2D eigenvalue weighted by molar-refractivity contribution is -0.0156. The second kappa shape index (κ2) is 7.87. The van der Waals surface area contributed by atoms with E-state index in [4.69, 9.17) is 4.74 Å². The van der Waals surface area contributed by atoms with E-state index in [0.717, 1.165) is 29.2 Å². The minimum Gasteiger partial charge on any atom is -0.378 e. The summed E-state index contributed by atoms with van der Waals surface area (Å²) in [5.41, 5.74) is 3.15. The van der Waals surface area contributed by atoms with Crippen molar-refractivity contribution in [2.75, 3.05) is 26.0 Å². The summed E-state index contributed by atoms with van der Waals surface area (Å²) in [5, 5.41) is 0. The molecule has 6 nitrogen and oxygen atoms in total. The number of nitrogens with one attached hydrogen (secondary N) is 1. The fourth-order valence-electron chi connectivity index (χ4n) is 3.43. The monoisotopic (exact) mass is 397 g/mol. The number of aromatic nitrogens is 2. The van der Waals surface area contributed by atoms with Crippen LogP contribution in [0, 0.1) is 0 Å². The van der Waals surface area contributed by atoms with Gasteiger partial charge in [0.15, 0.2) is 9.84 Å². The first-order chi connectivity index (χ1) is 13.5. The molecule has 1 aliphatic rings. The van der Waals surface area contributed by atoms with E-state index in [1.807, 2.05) is 36.5 Å². The number of sulfone groups is 1. The van der Waals surface area contributed by atoms with Gasteiger partial charge in [-0.05, 0) is 23.3 Å². The molecule has 2 aromatic carbocycles. The third-order valence-corrected chi connectivity index (χ3v) is 6.10. The van der Waals surface area contributed by atoms with E-state index in [2.05, 4.69) is 27.0 Å². The smallest absolute Gasteiger partial charge is 0.175 e. The minimum atomic E-state index is -3.18. The third-order valence-electron chi connectivity index (χ3n) is 4.97. The minimum absolute atomic E-state index is 0.0285. The van der Waals surface area contributed by atoms with E-state index >= 15 is 0 Å². The highest BCUT2D eigenvalue weighted by Crippen LogP contribution is 2.26. The lowest BCUT2D eigenvalue weighted by Crippen LogP contribution is -2.39. The Balaban J connectivity index is 1.53. The molecule has 1 N–H and O–H groups in total. The Morgan fingerprint density at radius 2 is 1.89 bits per heavy atom. The number of ether oxygens (including phenoxy) is 1. The molecule has 0 saturated carbocycles. The van der Waals surface area contributed by atoms with E-state index in [1.165, 1.54) is 6.26 Å². The predicted molar refractivity (Wildman–Crippen MR) is 108 cm³/mol. The molecule has 0 radical (unpaired) electrons. The average Bonchev–Trinajstić information content (AvgIpc) is 3.19. The molecule has 1 fully saturated rings. The zero-order valence-corrected chi connectivity index (χ0v) is 16.5. The summed E-state index contributed by atoms with van der Waals surface area (Å²) >= 11 is 0. The van der Waals surface area contributed by atoms with Crippen molar-refractivity contribution < 1.29 is 13.2 Å². The summed E-state index contributed by atoms with van der Waals surface area (Å²) in [6.45, 7) is 2.74. The molecule has 4 rings (SSSR count). The summed E-state index contributed by atoms with van der Waals surface area (Å²) in [7, 11) is -3.18. The number of imidazole rings is 1. The number of benzene rings is 2. The van der Waals surface area contributed by atoms with Gasteiger partial charge in [-0.1, -0.05) is 42.5 Å². The molecule has 1 atom stereocenters. The Hall–Kier alpha value is -2.48. The van der Waals surface area contributed by atoms with Crippen LogP contribution in [0.1, 0.15) is 17.4 Å². The summed E-state index contributed by atoms with van der Waals surface area (Å²) in [6, 6.07) is 17.2. The van der Waals surface area contributed by atoms with Gasteiger partial charge < -0.3 is 9.72 Å². The first-order valence-electron chi connectivity index (χ1n) is 9.22. The van der Waals surface area contributed by atoms with E-state index in [0.29, 0.717) is 24.7 Å². The van der Waals surface area contributed by atoms with E-state index in [1.54, 1.807) is 12.1 Å². The molecule has 1 aromatic heterocycles. The van der Waals surface area contributed by atoms with Crippen molar-refractivity contribution in [1.29, 1.82) is 0 Å². The lowest BCUT2D eigenvalue weighted by atomic mass is 10.1. The standard InChI is InChI=1S/C21H23N3O3S/c1-28(25,26)18-9-7-16(8-10-18)14-24-11-12-27-15-20(24)21-22-13-19(23-21)17-5-3-2-4-6-17/h2-10,13,20H,11-12,14-15H2,1H3,(H,22,23)/t20-/m0/s1. The van der Waals surface area contributed by atoms with Gasteiger partial charge in [0.2, 0.25) is 0 Å². The first-order valence-corrected chi connectivity index (χ1v) is 11.1. The molecule has 146 valence electrons. The van der Waals surface area contributed by atoms with Gasteiger partial charge in [-0.2, -0.15) is 0 Å². The predicted octanol–water partition coefficient (Wildman–Crippen LogP) is 3.05. The van der Waals surface area contributed by atoms with Crippen molar-refractivity contribution >= 4 is 9.84 Å². The highest BCUT2D eigenvalue weighted by molar-refractivity contribution is 7.90. The molecule has 0 amide bonds. The SMILES string of the molecule is CS(=O)(=O)c1ccc(CN2CCOC[C@H]2c2ncc(-c3ccccc3)[nH]2)cc1. The lowest BCUT2D eigenvalue weighted by Gasteiger charge is -2.34. The Bertz CT molecular complexity index is 1030. The summed E-state index contributed by atoms with van der Waals surface area (Å²) in [5.74, 6) is 0.881. The van der Waals surface area contributed by atoms with Crippen molar-refractivity contribution in [3.63, 3.8) is 0 Å². The maximum Gasteiger partial charge on any atom is 0.175 e. The number of hydrogen-bond acceptors (Lipinski definition) is 5. The van der Waals surface area contributed by atoms with Gasteiger partial charge in [-0.15, -0.1) is 0 Å². The van der Waals surface area contributed by atoms with Gasteiger partial charge in [-0.25, -0.2) is 13.4 Å². The molecule has 0 spiro atoms. The largest absolute Gasteiger partial charge is 0.378 e. The molecule has 2 heterocycles. The van der Waals surface area contributed by atoms with Gasteiger partial charge in [0.05, 0.1) is 36.0 Å². The van der Waals surface area contributed by atoms with Crippen molar-refractivity contribution in [3.8, 4) is 11.3 Å². The summed E-state index contributed by atoms with van der Waals surface area (Å²) < 4.78 is 29.0. The topological polar surface area (TPSA) is 75.3 Å². The highest BCUT2D eigenvalue weighted by atomic mass is 32.2. The number of aromatic amines is 1. The van der Waals surface area contributed by atoms with Crippen LogP contribution in [0.2, 0.25) is 0 Å². The molecule has 0 aliphatic carbocycles. The molecule has 7 heteroatoms. The second-order valence-corrected chi connectivity index (χ2v) is 9.04. The maximum atomic E-state index is 11.7. The van der Waals surface area contributed by atoms with Crippen LogP contribution in [0.3, 0.4) is 0 Å². The molecule has 0 unspecified atom stereocenters. The molecular weight excluding hydrogens is 374 g/mol. The van der Waals surface area contributed by atoms with Crippen molar-refractivity contribution in [1.82, 2.24) is 14.9 Å². The normalized spacial score (nSPS) is 18.2. The number of nitrogens with zero attached hydrogens (tertiary/aromatic N) is 2. The summed E-state index contributed by atoms with van der Waals surface area (Å²) in [4.78, 5) is 10.7. The number of hydrogen-bond donors (Lipinski definition) is 1. The van der Waals surface area contributed by atoms with Crippen LogP contribution in [-0.2, 0) is 21.1 Å². The van der Waals surface area contributed by atoms with Crippen LogP contribution < -0.4 is 0 Å². The Morgan fingerprint density at radius 1 is 1.14 bits per heavy atom.